The van der Waals surface area contributed by atoms with Gasteiger partial charge in [0.1, 0.15) is 5.52 Å². The highest BCUT2D eigenvalue weighted by molar-refractivity contribution is 5.85. The van der Waals surface area contributed by atoms with E-state index in [0.717, 1.165) is 5.56 Å². The van der Waals surface area contributed by atoms with E-state index in [1.54, 1.807) is 18.1 Å². The topological polar surface area (TPSA) is 125 Å². The van der Waals surface area contributed by atoms with E-state index in [0.29, 0.717) is 17.6 Å². The van der Waals surface area contributed by atoms with Crippen LogP contribution in [-0.2, 0) is 6.54 Å². The second-order valence-corrected chi connectivity index (χ2v) is 4.68. The lowest BCUT2D eigenvalue weighted by atomic mass is 10.1. The van der Waals surface area contributed by atoms with Crippen molar-refractivity contribution in [3.8, 4) is 0 Å². The van der Waals surface area contributed by atoms with Gasteiger partial charge in [-0.15, -0.1) is 12.4 Å². The Balaban J connectivity index is 0.00000220. The zero-order chi connectivity index (χ0) is 14.7. The van der Waals surface area contributed by atoms with Crippen molar-refractivity contribution in [3.05, 3.63) is 28.4 Å². The van der Waals surface area contributed by atoms with Crippen LogP contribution in [0.15, 0.2) is 17.3 Å². The normalized spacial score (nSPS) is 14.1. The number of H-pyrrole nitrogens is 2. The third-order valence-corrected chi connectivity index (χ3v) is 3.35. The smallest absolute Gasteiger partial charge is 0.275 e. The Bertz CT molecular complexity index is 629. The van der Waals surface area contributed by atoms with Gasteiger partial charge in [-0.1, -0.05) is 0 Å². The molecule has 0 fully saturated rings. The molecule has 0 aliphatic heterocycles. The second-order valence-electron chi connectivity index (χ2n) is 4.68. The van der Waals surface area contributed by atoms with Crippen molar-refractivity contribution in [2.75, 3.05) is 20.3 Å². The molecule has 0 spiro atoms. The van der Waals surface area contributed by atoms with Crippen molar-refractivity contribution < 1.29 is 15.3 Å². The molecule has 2 rings (SSSR count). The summed E-state index contributed by atoms with van der Waals surface area (Å²) in [4.78, 5) is 22.7. The maximum atomic E-state index is 11.6. The minimum absolute atomic E-state index is 0. The van der Waals surface area contributed by atoms with Crippen LogP contribution < -0.4 is 5.56 Å². The van der Waals surface area contributed by atoms with Gasteiger partial charge in [0.15, 0.2) is 0 Å². The Morgan fingerprint density at radius 2 is 2.05 bits per heavy atom. The molecule has 118 valence electrons. The molecule has 0 aliphatic rings. The van der Waals surface area contributed by atoms with Crippen LogP contribution >= 0.6 is 12.4 Å². The van der Waals surface area contributed by atoms with Crippen molar-refractivity contribution in [2.24, 2.45) is 0 Å². The number of aliphatic hydroxyl groups excluding tert-OH is 3. The summed E-state index contributed by atoms with van der Waals surface area (Å²) < 4.78 is 0. The van der Waals surface area contributed by atoms with E-state index in [1.807, 2.05) is 0 Å². The monoisotopic (exact) mass is 318 g/mol. The lowest BCUT2D eigenvalue weighted by Crippen LogP contribution is -2.45. The lowest BCUT2D eigenvalue weighted by Gasteiger charge is -2.29. The Labute approximate surface area is 126 Å². The molecule has 0 amide bonds. The van der Waals surface area contributed by atoms with E-state index in [-0.39, 0.29) is 24.6 Å². The molecule has 5 N–H and O–H groups in total. The van der Waals surface area contributed by atoms with Gasteiger partial charge in [-0.2, -0.15) is 0 Å². The predicted molar refractivity (Wildman–Crippen MR) is 79.4 cm³/mol. The summed E-state index contributed by atoms with van der Waals surface area (Å²) in [5.41, 5.74) is 1.46. The predicted octanol–water partition coefficient (Wildman–Crippen LogP) is -1.18. The fraction of sp³-hybridized carbons (Fsp3) is 0.500. The van der Waals surface area contributed by atoms with Gasteiger partial charge in [0.25, 0.3) is 5.56 Å². The number of fused-ring (bicyclic) bond motifs is 1. The lowest BCUT2D eigenvalue weighted by molar-refractivity contribution is -0.00636. The number of likely N-dealkylation sites (N-methyl/N-ethyl adjacent to an activating group) is 1. The standard InChI is InChI=1S/C12H18N4O4.ClH/c1-16(8(4-17)9(19)5-18)3-7-2-13-11-10(7)14-6-15-12(11)20;/h2,6,8-9,13,17-19H,3-5H2,1H3,(H,14,15,20);1H/t8-,9-;/m1./s1. The fourth-order valence-electron chi connectivity index (χ4n) is 2.19. The Hall–Kier alpha value is -1.45. The highest BCUT2D eigenvalue weighted by Crippen LogP contribution is 2.15. The van der Waals surface area contributed by atoms with Gasteiger partial charge in [-0.3, -0.25) is 9.69 Å². The Kier molecular flexibility index (Phi) is 6.31. The van der Waals surface area contributed by atoms with Crippen LogP contribution in [0.5, 0.6) is 0 Å². The van der Waals surface area contributed by atoms with E-state index in [2.05, 4.69) is 15.0 Å². The van der Waals surface area contributed by atoms with Crippen molar-refractivity contribution >= 4 is 23.4 Å². The molecule has 2 atom stereocenters. The van der Waals surface area contributed by atoms with Crippen molar-refractivity contribution in [3.63, 3.8) is 0 Å². The van der Waals surface area contributed by atoms with E-state index >= 15 is 0 Å². The molecule has 2 aromatic heterocycles. The van der Waals surface area contributed by atoms with Crippen LogP contribution in [0.25, 0.3) is 11.0 Å². The molecular formula is C12H19ClN4O4. The number of nitrogens with one attached hydrogen (secondary N) is 2. The van der Waals surface area contributed by atoms with Crippen LogP contribution in [0.2, 0.25) is 0 Å². The molecule has 8 nitrogen and oxygen atoms in total. The van der Waals surface area contributed by atoms with Crippen LogP contribution in [0, 0.1) is 0 Å². The summed E-state index contributed by atoms with van der Waals surface area (Å²) in [6, 6.07) is -0.591. The van der Waals surface area contributed by atoms with Gasteiger partial charge in [-0.05, 0) is 7.05 Å². The summed E-state index contributed by atoms with van der Waals surface area (Å²) in [7, 11) is 1.71. The highest BCUT2D eigenvalue weighted by Gasteiger charge is 2.23. The number of nitrogens with zero attached hydrogens (tertiary/aromatic N) is 2. The molecule has 0 unspecified atom stereocenters. The van der Waals surface area contributed by atoms with Crippen LogP contribution in [0.4, 0.5) is 0 Å². The number of aromatic nitrogens is 3. The van der Waals surface area contributed by atoms with E-state index in [9.17, 15) is 15.0 Å². The minimum atomic E-state index is -1.04. The van der Waals surface area contributed by atoms with Crippen molar-refractivity contribution in [2.45, 2.75) is 18.7 Å². The molecule has 0 bridgehead atoms. The largest absolute Gasteiger partial charge is 0.395 e. The van der Waals surface area contributed by atoms with Gasteiger partial charge in [-0.25, -0.2) is 4.98 Å². The average molecular weight is 319 g/mol. The SMILES string of the molecule is CN(Cc1c[nH]c2c(=O)[nH]cnc12)[C@H](CO)[C@H](O)CO.Cl. The molecule has 0 aromatic carbocycles. The number of hydrogen-bond donors (Lipinski definition) is 5. The van der Waals surface area contributed by atoms with Crippen molar-refractivity contribution in [1.29, 1.82) is 0 Å². The third-order valence-electron chi connectivity index (χ3n) is 3.35. The zero-order valence-corrected chi connectivity index (χ0v) is 12.3. The van der Waals surface area contributed by atoms with E-state index in [1.165, 1.54) is 6.33 Å². The van der Waals surface area contributed by atoms with Gasteiger partial charge in [0.2, 0.25) is 0 Å². The summed E-state index contributed by atoms with van der Waals surface area (Å²) in [5.74, 6) is 0. The highest BCUT2D eigenvalue weighted by atomic mass is 35.5. The average Bonchev–Trinajstić information content (AvgIpc) is 2.84. The first-order valence-corrected chi connectivity index (χ1v) is 6.22. The molecule has 2 aromatic rings. The summed E-state index contributed by atoms with van der Waals surface area (Å²) in [6.45, 7) is -0.339. The van der Waals surface area contributed by atoms with Crippen LogP contribution in [-0.4, -0.2) is 67.6 Å². The van der Waals surface area contributed by atoms with Gasteiger partial charge < -0.3 is 25.3 Å². The molecule has 9 heteroatoms. The number of aliphatic hydroxyl groups is 3. The fourth-order valence-corrected chi connectivity index (χ4v) is 2.19. The maximum Gasteiger partial charge on any atom is 0.275 e. The first-order valence-electron chi connectivity index (χ1n) is 6.22. The molecule has 2 heterocycles. The second kappa shape index (κ2) is 7.53. The molecular weight excluding hydrogens is 300 g/mol. The quantitative estimate of drug-likeness (QED) is 0.456. The number of halogens is 1. The zero-order valence-electron chi connectivity index (χ0n) is 11.5. The number of hydrogen-bond acceptors (Lipinski definition) is 6. The molecule has 21 heavy (non-hydrogen) atoms. The van der Waals surface area contributed by atoms with Gasteiger partial charge in [0, 0.05) is 18.3 Å². The summed E-state index contributed by atoms with van der Waals surface area (Å²) >= 11 is 0. The first-order chi connectivity index (χ1) is 9.58. The van der Waals surface area contributed by atoms with E-state index < -0.39 is 18.8 Å². The van der Waals surface area contributed by atoms with Crippen LogP contribution in [0.1, 0.15) is 5.56 Å². The minimum Gasteiger partial charge on any atom is -0.395 e. The molecule has 0 radical (unpaired) electrons. The third kappa shape index (κ3) is 3.60. The Morgan fingerprint density at radius 3 is 2.67 bits per heavy atom. The van der Waals surface area contributed by atoms with Crippen LogP contribution in [0.3, 0.4) is 0 Å². The first kappa shape index (κ1) is 17.6. The number of aromatic amines is 2. The summed E-state index contributed by atoms with van der Waals surface area (Å²) in [6.07, 6.45) is 1.96. The van der Waals surface area contributed by atoms with Gasteiger partial charge in [0.05, 0.1) is 37.2 Å². The maximum absolute atomic E-state index is 11.6. The molecule has 0 aliphatic carbocycles. The Morgan fingerprint density at radius 1 is 1.33 bits per heavy atom. The molecule has 0 saturated carbocycles. The number of rotatable bonds is 6. The van der Waals surface area contributed by atoms with Gasteiger partial charge >= 0.3 is 0 Å². The van der Waals surface area contributed by atoms with E-state index in [4.69, 9.17) is 5.11 Å². The molecule has 0 saturated heterocycles. The van der Waals surface area contributed by atoms with Crippen molar-refractivity contribution in [1.82, 2.24) is 19.9 Å². The summed E-state index contributed by atoms with van der Waals surface area (Å²) in [5, 5.41) is 27.9.